The summed E-state index contributed by atoms with van der Waals surface area (Å²) >= 11 is 11.0. The zero-order chi connectivity index (χ0) is 7.66. The second-order valence-corrected chi connectivity index (χ2v) is 2.89. The Kier molecular flexibility index (Phi) is 9.62. The van der Waals surface area contributed by atoms with E-state index >= 15 is 0 Å². The van der Waals surface area contributed by atoms with Gasteiger partial charge < -0.3 is 0 Å². The number of alkyl halides is 2. The van der Waals surface area contributed by atoms with Gasteiger partial charge in [0.25, 0.3) is 0 Å². The third-order valence-electron chi connectivity index (χ3n) is 1.18. The average Bonchev–Trinajstić information content (AvgIpc) is 1.97. The molecule has 0 aliphatic carbocycles. The average molecular weight is 181 g/mol. The van der Waals surface area contributed by atoms with E-state index in [2.05, 4.69) is 12.2 Å². The monoisotopic (exact) mass is 180 g/mol. The zero-order valence-electron chi connectivity index (χ0n) is 6.15. The smallest absolute Gasteiger partial charge is 0.0226 e. The van der Waals surface area contributed by atoms with Gasteiger partial charge in [0, 0.05) is 11.8 Å². The van der Waals surface area contributed by atoms with Crippen LogP contribution in [0.25, 0.3) is 0 Å². The number of rotatable bonds is 6. The molecule has 0 atom stereocenters. The van der Waals surface area contributed by atoms with Crippen molar-refractivity contribution in [1.82, 2.24) is 0 Å². The summed E-state index contributed by atoms with van der Waals surface area (Å²) in [5.41, 5.74) is 0. The van der Waals surface area contributed by atoms with Gasteiger partial charge in [-0.15, -0.1) is 23.2 Å². The number of allylic oxidation sites excluding steroid dienone is 2. The third-order valence-corrected chi connectivity index (χ3v) is 1.71. The molecule has 0 unspecified atom stereocenters. The summed E-state index contributed by atoms with van der Waals surface area (Å²) in [4.78, 5) is 0. The fourth-order valence-electron chi connectivity index (χ4n) is 0.626. The minimum absolute atomic E-state index is 0.764. The van der Waals surface area contributed by atoms with E-state index in [-0.39, 0.29) is 0 Å². The van der Waals surface area contributed by atoms with Crippen LogP contribution in [-0.2, 0) is 0 Å². The fourth-order valence-corrected chi connectivity index (χ4v) is 0.934. The van der Waals surface area contributed by atoms with Gasteiger partial charge in [0.15, 0.2) is 0 Å². The van der Waals surface area contributed by atoms with Gasteiger partial charge >= 0.3 is 0 Å². The maximum Gasteiger partial charge on any atom is 0.0226 e. The van der Waals surface area contributed by atoms with Crippen LogP contribution in [0.2, 0.25) is 0 Å². The van der Waals surface area contributed by atoms with Crippen molar-refractivity contribution in [3.05, 3.63) is 12.2 Å². The number of halogens is 2. The fraction of sp³-hybridized carbons (Fsp3) is 0.750. The van der Waals surface area contributed by atoms with Crippen LogP contribution in [0.1, 0.15) is 25.7 Å². The molecular formula is C8H14Cl2. The molecule has 60 valence electrons. The van der Waals surface area contributed by atoms with E-state index in [1.54, 1.807) is 0 Å². The molecule has 0 radical (unpaired) electrons. The largest absolute Gasteiger partial charge is 0.127 e. The molecule has 0 fully saturated rings. The first-order valence-corrected chi connectivity index (χ1v) is 4.75. The van der Waals surface area contributed by atoms with Crippen molar-refractivity contribution in [2.75, 3.05) is 11.8 Å². The van der Waals surface area contributed by atoms with Gasteiger partial charge in [0.1, 0.15) is 0 Å². The van der Waals surface area contributed by atoms with E-state index in [1.807, 2.05) is 0 Å². The summed E-state index contributed by atoms with van der Waals surface area (Å²) in [6.45, 7) is 0. The Labute approximate surface area is 73.2 Å². The van der Waals surface area contributed by atoms with Gasteiger partial charge in [-0.1, -0.05) is 12.2 Å². The summed E-state index contributed by atoms with van der Waals surface area (Å²) < 4.78 is 0. The Morgan fingerprint density at radius 3 is 1.50 bits per heavy atom. The lowest BCUT2D eigenvalue weighted by molar-refractivity contribution is 0.928. The van der Waals surface area contributed by atoms with E-state index in [1.165, 1.54) is 0 Å². The summed E-state index contributed by atoms with van der Waals surface area (Å²) in [7, 11) is 0. The van der Waals surface area contributed by atoms with Crippen LogP contribution < -0.4 is 0 Å². The minimum atomic E-state index is 0.764. The first kappa shape index (κ1) is 10.3. The van der Waals surface area contributed by atoms with Crippen molar-refractivity contribution in [3.63, 3.8) is 0 Å². The van der Waals surface area contributed by atoms with Crippen LogP contribution in [0.4, 0.5) is 0 Å². The summed E-state index contributed by atoms with van der Waals surface area (Å²) in [5.74, 6) is 1.53. The first-order valence-electron chi connectivity index (χ1n) is 3.68. The zero-order valence-corrected chi connectivity index (χ0v) is 7.67. The van der Waals surface area contributed by atoms with Crippen molar-refractivity contribution in [2.24, 2.45) is 0 Å². The summed E-state index contributed by atoms with van der Waals surface area (Å²) in [6.07, 6.45) is 8.72. The van der Waals surface area contributed by atoms with Crippen molar-refractivity contribution >= 4 is 23.2 Å². The molecule has 10 heavy (non-hydrogen) atoms. The van der Waals surface area contributed by atoms with Gasteiger partial charge in [-0.2, -0.15) is 0 Å². The minimum Gasteiger partial charge on any atom is -0.127 e. The van der Waals surface area contributed by atoms with Gasteiger partial charge in [0.2, 0.25) is 0 Å². The molecular weight excluding hydrogens is 167 g/mol. The molecule has 0 aliphatic rings. The van der Waals surface area contributed by atoms with Crippen LogP contribution in [-0.4, -0.2) is 11.8 Å². The molecule has 0 heterocycles. The highest BCUT2D eigenvalue weighted by Crippen LogP contribution is 1.97. The molecule has 0 aromatic rings. The predicted molar refractivity (Wildman–Crippen MR) is 49.0 cm³/mol. The SMILES string of the molecule is ClCCC/C=C/CCCCl. The van der Waals surface area contributed by atoms with Crippen LogP contribution in [0.5, 0.6) is 0 Å². The Hall–Kier alpha value is 0.320. The topological polar surface area (TPSA) is 0 Å². The lowest BCUT2D eigenvalue weighted by Gasteiger charge is -1.88. The van der Waals surface area contributed by atoms with Crippen LogP contribution >= 0.6 is 23.2 Å². The van der Waals surface area contributed by atoms with E-state index in [4.69, 9.17) is 23.2 Å². The van der Waals surface area contributed by atoms with E-state index in [9.17, 15) is 0 Å². The molecule has 0 aromatic carbocycles. The second kappa shape index (κ2) is 9.32. The molecule has 0 aliphatic heterocycles. The van der Waals surface area contributed by atoms with Crippen LogP contribution in [0.15, 0.2) is 12.2 Å². The molecule has 0 saturated heterocycles. The van der Waals surface area contributed by atoms with Crippen molar-refractivity contribution < 1.29 is 0 Å². The highest BCUT2D eigenvalue weighted by Gasteiger charge is 1.80. The highest BCUT2D eigenvalue weighted by atomic mass is 35.5. The third kappa shape index (κ3) is 8.32. The Morgan fingerprint density at radius 2 is 1.20 bits per heavy atom. The van der Waals surface area contributed by atoms with Gasteiger partial charge in [0.05, 0.1) is 0 Å². The van der Waals surface area contributed by atoms with Crippen molar-refractivity contribution in [3.8, 4) is 0 Å². The molecule has 0 spiro atoms. The van der Waals surface area contributed by atoms with Crippen LogP contribution in [0, 0.1) is 0 Å². The lowest BCUT2D eigenvalue weighted by Crippen LogP contribution is -1.73. The van der Waals surface area contributed by atoms with Crippen molar-refractivity contribution in [2.45, 2.75) is 25.7 Å². The summed E-state index contributed by atoms with van der Waals surface area (Å²) in [5, 5.41) is 0. The Bertz CT molecular complexity index is 69.3. The number of hydrogen-bond donors (Lipinski definition) is 0. The van der Waals surface area contributed by atoms with E-state index in [0.29, 0.717) is 0 Å². The Morgan fingerprint density at radius 1 is 0.800 bits per heavy atom. The van der Waals surface area contributed by atoms with Gasteiger partial charge in [-0.25, -0.2) is 0 Å². The first-order chi connectivity index (χ1) is 4.91. The van der Waals surface area contributed by atoms with E-state index in [0.717, 1.165) is 37.4 Å². The van der Waals surface area contributed by atoms with Crippen LogP contribution in [0.3, 0.4) is 0 Å². The molecule has 0 aromatic heterocycles. The van der Waals surface area contributed by atoms with E-state index < -0.39 is 0 Å². The maximum absolute atomic E-state index is 5.49. The summed E-state index contributed by atoms with van der Waals surface area (Å²) in [6, 6.07) is 0. The molecule has 2 heteroatoms. The molecule has 0 nitrogen and oxygen atoms in total. The lowest BCUT2D eigenvalue weighted by atomic mass is 10.2. The standard InChI is InChI=1S/C8H14Cl2/c9-7-5-3-1-2-4-6-8-10/h1-2H,3-8H2/b2-1+. The van der Waals surface area contributed by atoms with Gasteiger partial charge in [-0.3, -0.25) is 0 Å². The molecule has 0 bridgehead atoms. The quantitative estimate of drug-likeness (QED) is 0.333. The molecule has 0 N–H and O–H groups in total. The number of unbranched alkanes of at least 4 members (excludes halogenated alkanes) is 2. The Balaban J connectivity index is 2.89. The molecule has 0 saturated carbocycles. The van der Waals surface area contributed by atoms with Gasteiger partial charge in [-0.05, 0) is 25.7 Å². The second-order valence-electron chi connectivity index (χ2n) is 2.13. The maximum atomic E-state index is 5.49. The predicted octanol–water partition coefficient (Wildman–Crippen LogP) is 3.58. The highest BCUT2D eigenvalue weighted by molar-refractivity contribution is 6.18. The molecule has 0 rings (SSSR count). The molecule has 0 amide bonds. The van der Waals surface area contributed by atoms with Crippen molar-refractivity contribution in [1.29, 1.82) is 0 Å². The normalized spacial score (nSPS) is 11.0. The number of hydrogen-bond acceptors (Lipinski definition) is 0.